The van der Waals surface area contributed by atoms with E-state index in [4.69, 9.17) is 9.47 Å². The van der Waals surface area contributed by atoms with E-state index in [1.54, 1.807) is 13.8 Å². The van der Waals surface area contributed by atoms with Crippen molar-refractivity contribution in [3.05, 3.63) is 59.7 Å². The van der Waals surface area contributed by atoms with E-state index in [9.17, 15) is 9.59 Å². The SMILES string of the molecule is COC(=O)C(C)(C)C1(C(=O)OC)c2ccccc2-c2ccccc21. The van der Waals surface area contributed by atoms with Gasteiger partial charge < -0.3 is 9.47 Å². The van der Waals surface area contributed by atoms with E-state index in [1.165, 1.54) is 14.2 Å². The Labute approximate surface area is 141 Å². The molecule has 124 valence electrons. The molecule has 2 aromatic carbocycles. The van der Waals surface area contributed by atoms with Crippen LogP contribution in [0.4, 0.5) is 0 Å². The summed E-state index contributed by atoms with van der Waals surface area (Å²) in [6.45, 7) is 3.46. The van der Waals surface area contributed by atoms with E-state index in [2.05, 4.69) is 0 Å². The second-order valence-electron chi connectivity index (χ2n) is 6.45. The van der Waals surface area contributed by atoms with Crippen molar-refractivity contribution in [1.82, 2.24) is 0 Å². The summed E-state index contributed by atoms with van der Waals surface area (Å²) in [6.07, 6.45) is 0. The topological polar surface area (TPSA) is 52.6 Å². The van der Waals surface area contributed by atoms with Gasteiger partial charge in [0.25, 0.3) is 0 Å². The number of esters is 2. The Hall–Kier alpha value is -2.62. The van der Waals surface area contributed by atoms with Gasteiger partial charge in [-0.2, -0.15) is 0 Å². The van der Waals surface area contributed by atoms with Gasteiger partial charge in [-0.15, -0.1) is 0 Å². The van der Waals surface area contributed by atoms with Crippen molar-refractivity contribution in [1.29, 1.82) is 0 Å². The average Bonchev–Trinajstić information content (AvgIpc) is 2.92. The van der Waals surface area contributed by atoms with Crippen molar-refractivity contribution in [2.24, 2.45) is 5.41 Å². The quantitative estimate of drug-likeness (QED) is 0.813. The molecule has 3 rings (SSSR count). The third kappa shape index (κ3) is 1.80. The average molecular weight is 324 g/mol. The van der Waals surface area contributed by atoms with Gasteiger partial charge in [-0.25, -0.2) is 0 Å². The predicted molar refractivity (Wildman–Crippen MR) is 90.5 cm³/mol. The van der Waals surface area contributed by atoms with E-state index in [0.29, 0.717) is 0 Å². The molecular weight excluding hydrogens is 304 g/mol. The molecule has 0 fully saturated rings. The molecule has 0 saturated carbocycles. The lowest BCUT2D eigenvalue weighted by Gasteiger charge is -2.41. The Kier molecular flexibility index (Phi) is 3.71. The van der Waals surface area contributed by atoms with Gasteiger partial charge in [0.1, 0.15) is 5.41 Å². The summed E-state index contributed by atoms with van der Waals surface area (Å²) in [7, 11) is 2.68. The Morgan fingerprint density at radius 3 is 1.71 bits per heavy atom. The molecular formula is C20H20O4. The maximum absolute atomic E-state index is 13.1. The zero-order valence-corrected chi connectivity index (χ0v) is 14.3. The summed E-state index contributed by atoms with van der Waals surface area (Å²) in [6, 6.07) is 15.3. The number of methoxy groups -OCH3 is 2. The zero-order chi connectivity index (χ0) is 17.5. The molecule has 1 aliphatic rings. The van der Waals surface area contributed by atoms with Crippen LogP contribution < -0.4 is 0 Å². The van der Waals surface area contributed by atoms with Crippen LogP contribution in [0.15, 0.2) is 48.5 Å². The summed E-state index contributed by atoms with van der Waals surface area (Å²) in [4.78, 5) is 25.7. The maximum Gasteiger partial charge on any atom is 0.322 e. The lowest BCUT2D eigenvalue weighted by molar-refractivity contribution is -0.164. The zero-order valence-electron chi connectivity index (χ0n) is 14.3. The fourth-order valence-corrected chi connectivity index (χ4v) is 3.94. The number of rotatable bonds is 3. The van der Waals surface area contributed by atoms with Crippen LogP contribution in [0.2, 0.25) is 0 Å². The van der Waals surface area contributed by atoms with Crippen LogP contribution in [0.1, 0.15) is 25.0 Å². The third-order valence-electron chi connectivity index (χ3n) is 5.08. The summed E-state index contributed by atoms with van der Waals surface area (Å²) >= 11 is 0. The van der Waals surface area contributed by atoms with Crippen LogP contribution in [-0.4, -0.2) is 26.2 Å². The van der Waals surface area contributed by atoms with Gasteiger partial charge >= 0.3 is 11.9 Å². The van der Waals surface area contributed by atoms with Gasteiger partial charge in [0, 0.05) is 0 Å². The summed E-state index contributed by atoms with van der Waals surface area (Å²) in [5.74, 6) is -0.922. The highest BCUT2D eigenvalue weighted by molar-refractivity contribution is 6.03. The molecule has 0 aliphatic heterocycles. The molecule has 0 radical (unpaired) electrons. The molecule has 2 aromatic rings. The summed E-state index contributed by atoms with van der Waals surface area (Å²) in [5.41, 5.74) is 1.03. The van der Waals surface area contributed by atoms with Crippen LogP contribution in [0.25, 0.3) is 11.1 Å². The van der Waals surface area contributed by atoms with Crippen molar-refractivity contribution < 1.29 is 19.1 Å². The maximum atomic E-state index is 13.1. The van der Waals surface area contributed by atoms with Crippen molar-refractivity contribution >= 4 is 11.9 Å². The van der Waals surface area contributed by atoms with Crippen molar-refractivity contribution in [2.45, 2.75) is 19.3 Å². The lowest BCUT2D eigenvalue weighted by Crippen LogP contribution is -2.53. The van der Waals surface area contributed by atoms with E-state index < -0.39 is 22.8 Å². The molecule has 0 aromatic heterocycles. The lowest BCUT2D eigenvalue weighted by atomic mass is 9.60. The molecule has 1 aliphatic carbocycles. The van der Waals surface area contributed by atoms with E-state index in [0.717, 1.165) is 22.3 Å². The predicted octanol–water partition coefficient (Wildman–Crippen LogP) is 3.33. The number of fused-ring (bicyclic) bond motifs is 3. The Morgan fingerprint density at radius 2 is 1.29 bits per heavy atom. The Bertz CT molecular complexity index is 774. The van der Waals surface area contributed by atoms with Gasteiger partial charge in [0.2, 0.25) is 0 Å². The van der Waals surface area contributed by atoms with E-state index >= 15 is 0 Å². The normalized spacial score (nSPS) is 14.5. The highest BCUT2D eigenvalue weighted by Crippen LogP contribution is 2.58. The first-order valence-corrected chi connectivity index (χ1v) is 7.79. The molecule has 0 spiro atoms. The third-order valence-corrected chi connectivity index (χ3v) is 5.08. The molecule has 4 nitrogen and oxygen atoms in total. The fraction of sp³-hybridized carbons (Fsp3) is 0.300. The minimum absolute atomic E-state index is 0.459. The molecule has 0 N–H and O–H groups in total. The highest BCUT2D eigenvalue weighted by atomic mass is 16.5. The molecule has 24 heavy (non-hydrogen) atoms. The van der Waals surface area contributed by atoms with Crippen molar-refractivity contribution in [3.63, 3.8) is 0 Å². The molecule has 0 amide bonds. The Balaban J connectivity index is 2.47. The summed E-state index contributed by atoms with van der Waals surface area (Å²) in [5, 5.41) is 0. The molecule has 0 saturated heterocycles. The standard InChI is InChI=1S/C20H20O4/c1-19(2,17(21)23-3)20(18(22)24-4)15-11-7-5-9-13(15)14-10-6-8-12-16(14)20/h5-12H,1-4H3. The van der Waals surface area contributed by atoms with Crippen LogP contribution in [-0.2, 0) is 24.5 Å². The van der Waals surface area contributed by atoms with Gasteiger partial charge in [0.05, 0.1) is 19.6 Å². The molecule has 4 heteroatoms. The van der Waals surface area contributed by atoms with Crippen molar-refractivity contribution in [2.75, 3.05) is 14.2 Å². The first-order chi connectivity index (χ1) is 11.4. The largest absolute Gasteiger partial charge is 0.469 e. The van der Waals surface area contributed by atoms with Crippen LogP contribution in [0.3, 0.4) is 0 Å². The van der Waals surface area contributed by atoms with E-state index in [-0.39, 0.29) is 0 Å². The molecule has 0 bridgehead atoms. The number of benzene rings is 2. The number of ether oxygens (including phenoxy) is 2. The number of carbonyl (C=O) groups excluding carboxylic acids is 2. The highest BCUT2D eigenvalue weighted by Gasteiger charge is 2.63. The molecule has 0 unspecified atom stereocenters. The fourth-order valence-electron chi connectivity index (χ4n) is 3.94. The Morgan fingerprint density at radius 1 is 0.833 bits per heavy atom. The minimum Gasteiger partial charge on any atom is -0.469 e. The first-order valence-electron chi connectivity index (χ1n) is 7.79. The van der Waals surface area contributed by atoms with Crippen molar-refractivity contribution in [3.8, 4) is 11.1 Å². The minimum atomic E-state index is -1.25. The van der Waals surface area contributed by atoms with Crippen LogP contribution >= 0.6 is 0 Å². The van der Waals surface area contributed by atoms with E-state index in [1.807, 2.05) is 48.5 Å². The number of carbonyl (C=O) groups is 2. The van der Waals surface area contributed by atoms with Gasteiger partial charge in [-0.1, -0.05) is 48.5 Å². The van der Waals surface area contributed by atoms with Crippen LogP contribution in [0.5, 0.6) is 0 Å². The van der Waals surface area contributed by atoms with Crippen LogP contribution in [0, 0.1) is 5.41 Å². The molecule has 0 heterocycles. The monoisotopic (exact) mass is 324 g/mol. The second kappa shape index (κ2) is 5.48. The van der Waals surface area contributed by atoms with Gasteiger partial charge in [0.15, 0.2) is 0 Å². The molecule has 0 atom stereocenters. The summed E-state index contributed by atoms with van der Waals surface area (Å²) < 4.78 is 10.2. The number of hydrogen-bond donors (Lipinski definition) is 0. The first kappa shape index (κ1) is 16.2. The van der Waals surface area contributed by atoms with Gasteiger partial charge in [-0.3, -0.25) is 9.59 Å². The number of hydrogen-bond acceptors (Lipinski definition) is 4. The second-order valence-corrected chi connectivity index (χ2v) is 6.45. The van der Waals surface area contributed by atoms with Gasteiger partial charge in [-0.05, 0) is 36.1 Å². The smallest absolute Gasteiger partial charge is 0.322 e.